The van der Waals surface area contributed by atoms with E-state index in [4.69, 9.17) is 23.2 Å². The SMILES string of the molecule is CCCn1cc(-n2c(Cl)c(Sc3cccc(C4(C(=O)O)CC4)c3F)c3ccc(Cl)c(F)c32)cn1. The maximum Gasteiger partial charge on any atom is 0.314 e. The minimum absolute atomic E-state index is 0.0641. The number of carboxylic acids is 1. The number of hydrogen-bond donors (Lipinski definition) is 1. The van der Waals surface area contributed by atoms with Gasteiger partial charge >= 0.3 is 5.97 Å². The van der Waals surface area contributed by atoms with Crippen LogP contribution in [0.4, 0.5) is 8.78 Å². The highest BCUT2D eigenvalue weighted by molar-refractivity contribution is 7.99. The molecule has 1 aliphatic rings. The van der Waals surface area contributed by atoms with Gasteiger partial charge in [0.05, 0.1) is 32.7 Å². The summed E-state index contributed by atoms with van der Waals surface area (Å²) in [7, 11) is 0. The molecule has 1 N–H and O–H groups in total. The van der Waals surface area contributed by atoms with Gasteiger partial charge in [-0.05, 0) is 37.5 Å². The first-order valence-corrected chi connectivity index (χ1v) is 12.3. The number of benzene rings is 2. The van der Waals surface area contributed by atoms with Crippen molar-refractivity contribution in [3.8, 4) is 5.69 Å². The van der Waals surface area contributed by atoms with Crippen molar-refractivity contribution >= 4 is 51.8 Å². The van der Waals surface area contributed by atoms with Crippen molar-refractivity contribution in [1.82, 2.24) is 14.3 Å². The zero-order valence-corrected chi connectivity index (χ0v) is 20.3. The van der Waals surface area contributed by atoms with Gasteiger partial charge in [0.15, 0.2) is 5.82 Å². The van der Waals surface area contributed by atoms with Gasteiger partial charge in [-0.2, -0.15) is 5.10 Å². The van der Waals surface area contributed by atoms with Crippen LogP contribution in [0.3, 0.4) is 0 Å². The molecule has 0 aliphatic heterocycles. The second-order valence-corrected chi connectivity index (χ2v) is 10.1. The van der Waals surface area contributed by atoms with Gasteiger partial charge < -0.3 is 5.11 Å². The van der Waals surface area contributed by atoms with Crippen LogP contribution in [-0.2, 0) is 16.8 Å². The van der Waals surface area contributed by atoms with Crippen LogP contribution in [0, 0.1) is 11.6 Å². The third-order valence-corrected chi connectivity index (χ3v) is 8.02. The molecule has 0 bridgehead atoms. The number of nitrogens with zero attached hydrogens (tertiary/aromatic N) is 3. The summed E-state index contributed by atoms with van der Waals surface area (Å²) in [6.07, 6.45) is 4.99. The normalized spacial score (nSPS) is 14.6. The van der Waals surface area contributed by atoms with Gasteiger partial charge in [-0.3, -0.25) is 14.0 Å². The highest BCUT2D eigenvalue weighted by atomic mass is 35.5. The van der Waals surface area contributed by atoms with Crippen molar-refractivity contribution in [2.45, 2.75) is 47.9 Å². The fraction of sp³-hybridized carbons (Fsp3) is 0.250. The Morgan fingerprint density at radius 3 is 2.65 bits per heavy atom. The fourth-order valence-corrected chi connectivity index (χ4v) is 5.77. The smallest absolute Gasteiger partial charge is 0.314 e. The maximum absolute atomic E-state index is 15.5. The number of aliphatic carboxylic acids is 1. The Balaban J connectivity index is 1.67. The molecule has 1 saturated carbocycles. The summed E-state index contributed by atoms with van der Waals surface area (Å²) < 4.78 is 34.0. The zero-order chi connectivity index (χ0) is 24.2. The Morgan fingerprint density at radius 2 is 1.97 bits per heavy atom. The van der Waals surface area contributed by atoms with Crippen LogP contribution in [0.2, 0.25) is 10.2 Å². The number of rotatable bonds is 7. The van der Waals surface area contributed by atoms with Crippen LogP contribution in [0.15, 0.2) is 52.5 Å². The molecule has 0 atom stereocenters. The zero-order valence-electron chi connectivity index (χ0n) is 18.0. The van der Waals surface area contributed by atoms with E-state index in [1.807, 2.05) is 6.92 Å². The number of halogens is 4. The molecule has 10 heteroatoms. The average Bonchev–Trinajstić information content (AvgIpc) is 3.42. The van der Waals surface area contributed by atoms with Crippen LogP contribution in [0.5, 0.6) is 0 Å². The van der Waals surface area contributed by atoms with E-state index in [1.54, 1.807) is 35.3 Å². The molecule has 0 spiro atoms. The number of hydrogen-bond acceptors (Lipinski definition) is 3. The Bertz CT molecular complexity index is 1450. The molecule has 0 unspecified atom stereocenters. The molecule has 5 rings (SSSR count). The largest absolute Gasteiger partial charge is 0.481 e. The summed E-state index contributed by atoms with van der Waals surface area (Å²) in [6.45, 7) is 2.71. The van der Waals surface area contributed by atoms with Gasteiger partial charge in [0.2, 0.25) is 0 Å². The Hall–Kier alpha value is -2.55. The predicted molar refractivity (Wildman–Crippen MR) is 128 cm³/mol. The fourth-order valence-electron chi connectivity index (χ4n) is 4.20. The lowest BCUT2D eigenvalue weighted by Crippen LogP contribution is -2.21. The van der Waals surface area contributed by atoms with E-state index in [1.165, 1.54) is 16.7 Å². The molecule has 0 amide bonds. The molecule has 2 aromatic heterocycles. The number of carboxylic acid groups (broad SMARTS) is 1. The van der Waals surface area contributed by atoms with E-state index in [0.717, 1.165) is 18.2 Å². The van der Waals surface area contributed by atoms with Gasteiger partial charge in [0.25, 0.3) is 0 Å². The lowest BCUT2D eigenvalue weighted by molar-refractivity contribution is -0.140. The molecule has 4 aromatic rings. The van der Waals surface area contributed by atoms with E-state index in [-0.39, 0.29) is 26.2 Å². The van der Waals surface area contributed by atoms with Gasteiger partial charge in [-0.1, -0.05) is 54.0 Å². The second kappa shape index (κ2) is 8.59. The van der Waals surface area contributed by atoms with Crippen LogP contribution in [0.1, 0.15) is 31.7 Å². The monoisotopic (exact) mass is 521 g/mol. The Labute approximate surface area is 208 Å². The van der Waals surface area contributed by atoms with Gasteiger partial charge in [0, 0.05) is 28.6 Å². The van der Waals surface area contributed by atoms with Gasteiger partial charge in [-0.15, -0.1) is 0 Å². The third kappa shape index (κ3) is 3.59. The third-order valence-electron chi connectivity index (χ3n) is 6.10. The lowest BCUT2D eigenvalue weighted by Gasteiger charge is -2.13. The summed E-state index contributed by atoms with van der Waals surface area (Å²) in [5, 5.41) is 14.5. The molecule has 2 heterocycles. The summed E-state index contributed by atoms with van der Waals surface area (Å²) in [4.78, 5) is 12.4. The number of fused-ring (bicyclic) bond motifs is 1. The molecule has 0 radical (unpaired) electrons. The molecule has 0 saturated heterocycles. The van der Waals surface area contributed by atoms with Crippen molar-refractivity contribution in [1.29, 1.82) is 0 Å². The summed E-state index contributed by atoms with van der Waals surface area (Å²) in [5.74, 6) is -2.29. The number of carbonyl (C=O) groups is 1. The summed E-state index contributed by atoms with van der Waals surface area (Å²) >= 11 is 13.9. The summed E-state index contributed by atoms with van der Waals surface area (Å²) in [5.41, 5.74) is -0.323. The highest BCUT2D eigenvalue weighted by Gasteiger charge is 2.53. The predicted octanol–water partition coefficient (Wildman–Crippen LogP) is 7.09. The first-order chi connectivity index (χ1) is 16.3. The van der Waals surface area contributed by atoms with Crippen molar-refractivity contribution in [2.24, 2.45) is 0 Å². The number of aryl methyl sites for hydroxylation is 1. The van der Waals surface area contributed by atoms with Crippen molar-refractivity contribution in [3.63, 3.8) is 0 Å². The quantitative estimate of drug-likeness (QED) is 0.282. The number of aromatic nitrogens is 3. The maximum atomic E-state index is 15.5. The highest BCUT2D eigenvalue weighted by Crippen LogP contribution is 2.51. The van der Waals surface area contributed by atoms with E-state index >= 15 is 8.78 Å². The standard InChI is InChI=1S/C24H19Cl2F2N3O2S/c1-2-10-30-12-13(11-29-30)31-20-14(6-7-16(25)19(20)28)21(22(31)26)34-17-5-3-4-15(18(17)27)24(8-9-24)23(32)33/h3-7,11-12H,2,8-10H2,1H3,(H,32,33). The molecule has 5 nitrogen and oxygen atoms in total. The van der Waals surface area contributed by atoms with Crippen molar-refractivity contribution in [3.05, 3.63) is 70.1 Å². The van der Waals surface area contributed by atoms with Crippen LogP contribution >= 0.6 is 35.0 Å². The molecular formula is C24H19Cl2F2N3O2S. The van der Waals surface area contributed by atoms with Crippen molar-refractivity contribution in [2.75, 3.05) is 0 Å². The second-order valence-electron chi connectivity index (χ2n) is 8.28. The average molecular weight is 522 g/mol. The summed E-state index contributed by atoms with van der Waals surface area (Å²) in [6, 6.07) is 7.77. The molecular weight excluding hydrogens is 503 g/mol. The van der Waals surface area contributed by atoms with Gasteiger partial charge in [-0.25, -0.2) is 8.78 Å². The van der Waals surface area contributed by atoms with Crippen molar-refractivity contribution < 1.29 is 18.7 Å². The van der Waals surface area contributed by atoms with E-state index in [2.05, 4.69) is 5.10 Å². The van der Waals surface area contributed by atoms with E-state index in [9.17, 15) is 9.90 Å². The molecule has 1 fully saturated rings. The first-order valence-electron chi connectivity index (χ1n) is 10.7. The Kier molecular flexibility index (Phi) is 5.86. The molecule has 2 aromatic carbocycles. The van der Waals surface area contributed by atoms with Gasteiger partial charge in [0.1, 0.15) is 11.0 Å². The van der Waals surface area contributed by atoms with Crippen LogP contribution in [0.25, 0.3) is 16.6 Å². The van der Waals surface area contributed by atoms with Crippen LogP contribution < -0.4 is 0 Å². The molecule has 176 valence electrons. The van der Waals surface area contributed by atoms with E-state index in [0.29, 0.717) is 35.4 Å². The topological polar surface area (TPSA) is 60.0 Å². The molecule has 1 aliphatic carbocycles. The van der Waals surface area contributed by atoms with E-state index < -0.39 is 23.0 Å². The van der Waals surface area contributed by atoms with Crippen LogP contribution in [-0.4, -0.2) is 25.4 Å². The minimum atomic E-state index is -1.19. The first kappa shape index (κ1) is 23.2. The Morgan fingerprint density at radius 1 is 1.21 bits per heavy atom. The molecule has 34 heavy (non-hydrogen) atoms. The minimum Gasteiger partial charge on any atom is -0.481 e. The lowest BCUT2D eigenvalue weighted by atomic mass is 9.96.